The summed E-state index contributed by atoms with van der Waals surface area (Å²) in [6.45, 7) is 1.94. The highest BCUT2D eigenvalue weighted by atomic mass is 32.2. The molecule has 1 aliphatic heterocycles. The number of rotatable bonds is 5. The Morgan fingerprint density at radius 3 is 2.43 bits per heavy atom. The van der Waals surface area contributed by atoms with E-state index < -0.39 is 17.8 Å². The molecule has 0 radical (unpaired) electrons. The van der Waals surface area contributed by atoms with Gasteiger partial charge in [-0.05, 0) is 66.6 Å². The number of nitrogens with zero attached hydrogens (tertiary/aromatic N) is 1. The molecular weight excluding hydrogens is 479 g/mol. The maximum Gasteiger partial charge on any atom is 0.416 e. The number of nitrogens with one attached hydrogen (secondary N) is 2. The molecule has 0 spiro atoms. The maximum atomic E-state index is 12.8. The number of carbonyl (C=O) groups excluding carboxylic acids is 2. The van der Waals surface area contributed by atoms with Gasteiger partial charge < -0.3 is 15.4 Å². The molecule has 10 heteroatoms. The van der Waals surface area contributed by atoms with Crippen LogP contribution in [0.1, 0.15) is 22.1 Å². The molecule has 0 aromatic heterocycles. The van der Waals surface area contributed by atoms with E-state index in [2.05, 4.69) is 10.6 Å². The van der Waals surface area contributed by atoms with Crippen molar-refractivity contribution in [3.05, 3.63) is 83.4 Å². The SMILES string of the molecule is COc1ccc(C)cc1N1C(=O)CS[C@H]1c1cccc(NC(=O)Nc2ccc(C(F)(F)F)cc2)c1. The van der Waals surface area contributed by atoms with Gasteiger partial charge in [0.1, 0.15) is 11.1 Å². The van der Waals surface area contributed by atoms with Gasteiger partial charge >= 0.3 is 12.2 Å². The monoisotopic (exact) mass is 501 g/mol. The van der Waals surface area contributed by atoms with Gasteiger partial charge in [-0.3, -0.25) is 9.69 Å². The largest absolute Gasteiger partial charge is 0.495 e. The zero-order chi connectivity index (χ0) is 25.2. The molecule has 35 heavy (non-hydrogen) atoms. The van der Waals surface area contributed by atoms with Crippen LogP contribution in [0, 0.1) is 6.92 Å². The van der Waals surface area contributed by atoms with E-state index in [9.17, 15) is 22.8 Å². The van der Waals surface area contributed by atoms with E-state index in [0.717, 1.165) is 23.3 Å². The van der Waals surface area contributed by atoms with E-state index >= 15 is 0 Å². The van der Waals surface area contributed by atoms with Gasteiger partial charge in [-0.25, -0.2) is 4.79 Å². The molecule has 1 heterocycles. The zero-order valence-electron chi connectivity index (χ0n) is 18.8. The molecule has 1 atom stereocenters. The molecule has 182 valence electrons. The van der Waals surface area contributed by atoms with Crippen molar-refractivity contribution >= 4 is 40.8 Å². The number of aryl methyl sites for hydroxylation is 1. The summed E-state index contributed by atoms with van der Waals surface area (Å²) in [5.74, 6) is 0.831. The summed E-state index contributed by atoms with van der Waals surface area (Å²) in [4.78, 5) is 26.9. The van der Waals surface area contributed by atoms with Gasteiger partial charge in [0.05, 0.1) is 24.1 Å². The third-order valence-corrected chi connectivity index (χ3v) is 6.57. The Labute approximate surface area is 204 Å². The van der Waals surface area contributed by atoms with Crippen LogP contribution in [0.15, 0.2) is 66.7 Å². The average molecular weight is 502 g/mol. The Hall–Kier alpha value is -3.66. The topological polar surface area (TPSA) is 70.7 Å². The number of urea groups is 1. The van der Waals surface area contributed by atoms with E-state index in [1.807, 2.05) is 31.2 Å². The lowest BCUT2D eigenvalue weighted by Crippen LogP contribution is -2.28. The van der Waals surface area contributed by atoms with Gasteiger partial charge in [-0.2, -0.15) is 13.2 Å². The highest BCUT2D eigenvalue weighted by Crippen LogP contribution is 2.45. The number of alkyl halides is 3. The Morgan fingerprint density at radius 2 is 1.74 bits per heavy atom. The van der Waals surface area contributed by atoms with Crippen LogP contribution in [-0.4, -0.2) is 24.8 Å². The van der Waals surface area contributed by atoms with Crippen LogP contribution in [0.25, 0.3) is 0 Å². The molecule has 6 nitrogen and oxygen atoms in total. The first-order valence-electron chi connectivity index (χ1n) is 10.6. The fourth-order valence-electron chi connectivity index (χ4n) is 3.73. The number of ether oxygens (including phenoxy) is 1. The van der Waals surface area contributed by atoms with Gasteiger partial charge in [0.25, 0.3) is 0 Å². The van der Waals surface area contributed by atoms with Crippen molar-refractivity contribution in [2.75, 3.05) is 28.4 Å². The summed E-state index contributed by atoms with van der Waals surface area (Å²) in [7, 11) is 1.55. The summed E-state index contributed by atoms with van der Waals surface area (Å²) in [5.41, 5.74) is 2.36. The molecular formula is C25H22F3N3O3S. The number of hydrogen-bond acceptors (Lipinski definition) is 4. The predicted molar refractivity (Wildman–Crippen MR) is 131 cm³/mol. The molecule has 4 rings (SSSR count). The van der Waals surface area contributed by atoms with E-state index in [1.54, 1.807) is 30.2 Å². The number of hydrogen-bond donors (Lipinski definition) is 2. The normalized spacial score (nSPS) is 15.7. The average Bonchev–Trinajstić information content (AvgIpc) is 3.20. The van der Waals surface area contributed by atoms with Crippen LogP contribution in [0.5, 0.6) is 5.75 Å². The second-order valence-electron chi connectivity index (χ2n) is 7.88. The molecule has 3 aromatic carbocycles. The van der Waals surface area contributed by atoms with Crippen LogP contribution < -0.4 is 20.3 Å². The van der Waals surface area contributed by atoms with Gasteiger partial charge in [0.15, 0.2) is 0 Å². The molecule has 0 bridgehead atoms. The number of thioether (sulfide) groups is 1. The minimum atomic E-state index is -4.45. The number of benzene rings is 3. The second-order valence-corrected chi connectivity index (χ2v) is 8.95. The van der Waals surface area contributed by atoms with Crippen molar-refractivity contribution < 1.29 is 27.5 Å². The van der Waals surface area contributed by atoms with Gasteiger partial charge in [0, 0.05) is 11.4 Å². The molecule has 1 fully saturated rings. The second kappa shape index (κ2) is 9.91. The molecule has 1 saturated heterocycles. The Kier molecular flexibility index (Phi) is 6.93. The van der Waals surface area contributed by atoms with Crippen molar-refractivity contribution in [3.63, 3.8) is 0 Å². The van der Waals surface area contributed by atoms with Crippen molar-refractivity contribution in [2.24, 2.45) is 0 Å². The third-order valence-electron chi connectivity index (χ3n) is 5.36. The van der Waals surface area contributed by atoms with Gasteiger partial charge in [-0.15, -0.1) is 11.8 Å². The first-order valence-corrected chi connectivity index (χ1v) is 11.6. The molecule has 0 unspecified atom stereocenters. The smallest absolute Gasteiger partial charge is 0.416 e. The van der Waals surface area contributed by atoms with Crippen LogP contribution in [0.4, 0.5) is 35.0 Å². The van der Waals surface area contributed by atoms with E-state index in [1.165, 1.54) is 23.9 Å². The Balaban J connectivity index is 1.51. The lowest BCUT2D eigenvalue weighted by molar-refractivity contribution is -0.137. The summed E-state index contributed by atoms with van der Waals surface area (Å²) in [6, 6.07) is 16.3. The molecule has 2 N–H and O–H groups in total. The van der Waals surface area contributed by atoms with Crippen molar-refractivity contribution in [3.8, 4) is 5.75 Å². The molecule has 1 aliphatic rings. The van der Waals surface area contributed by atoms with Crippen LogP contribution in [-0.2, 0) is 11.0 Å². The molecule has 3 aromatic rings. The maximum absolute atomic E-state index is 12.8. The van der Waals surface area contributed by atoms with E-state index in [-0.39, 0.29) is 17.0 Å². The lowest BCUT2D eigenvalue weighted by atomic mass is 10.1. The van der Waals surface area contributed by atoms with E-state index in [0.29, 0.717) is 22.9 Å². The van der Waals surface area contributed by atoms with Crippen LogP contribution in [0.2, 0.25) is 0 Å². The van der Waals surface area contributed by atoms with E-state index in [4.69, 9.17) is 4.74 Å². The zero-order valence-corrected chi connectivity index (χ0v) is 19.7. The Morgan fingerprint density at radius 1 is 1.03 bits per heavy atom. The van der Waals surface area contributed by atoms with Gasteiger partial charge in [0.2, 0.25) is 5.91 Å². The Bertz CT molecular complexity index is 1250. The number of carbonyl (C=O) groups is 2. The summed E-state index contributed by atoms with van der Waals surface area (Å²) in [6.07, 6.45) is -4.45. The molecule has 3 amide bonds. The van der Waals surface area contributed by atoms with Crippen molar-refractivity contribution in [1.82, 2.24) is 0 Å². The predicted octanol–water partition coefficient (Wildman–Crippen LogP) is 6.45. The number of methoxy groups -OCH3 is 1. The number of halogens is 3. The summed E-state index contributed by atoms with van der Waals surface area (Å²) >= 11 is 1.47. The fourth-order valence-corrected chi connectivity index (χ4v) is 4.88. The standard InChI is InChI=1S/C25H22F3N3O3S/c1-15-6-11-21(34-2)20(12-15)31-22(32)14-35-23(31)16-4-3-5-19(13-16)30-24(33)29-18-9-7-17(8-10-18)25(26,27)28/h3-13,23H,14H2,1-2H3,(H2,29,30,33)/t23-/m0/s1. The molecule has 0 saturated carbocycles. The highest BCUT2D eigenvalue weighted by Gasteiger charge is 2.36. The fraction of sp³-hybridized carbons (Fsp3) is 0.200. The summed E-state index contributed by atoms with van der Waals surface area (Å²) in [5, 5.41) is 4.88. The third kappa shape index (κ3) is 5.54. The number of anilines is 3. The summed E-state index contributed by atoms with van der Waals surface area (Å²) < 4.78 is 43.6. The minimum absolute atomic E-state index is 0.0534. The van der Waals surface area contributed by atoms with Crippen LogP contribution in [0.3, 0.4) is 0 Å². The first-order chi connectivity index (χ1) is 16.7. The number of amides is 3. The lowest BCUT2D eigenvalue weighted by Gasteiger charge is -2.26. The first kappa shape index (κ1) is 24.5. The minimum Gasteiger partial charge on any atom is -0.495 e. The quantitative estimate of drug-likeness (QED) is 0.422. The van der Waals surface area contributed by atoms with Gasteiger partial charge in [-0.1, -0.05) is 18.2 Å². The van der Waals surface area contributed by atoms with Crippen LogP contribution >= 0.6 is 11.8 Å². The molecule has 0 aliphatic carbocycles. The highest BCUT2D eigenvalue weighted by molar-refractivity contribution is 8.00. The van der Waals surface area contributed by atoms with Crippen molar-refractivity contribution in [1.29, 1.82) is 0 Å². The van der Waals surface area contributed by atoms with Crippen molar-refractivity contribution in [2.45, 2.75) is 18.5 Å².